The van der Waals surface area contributed by atoms with Crippen LogP contribution in [0.4, 0.5) is 4.39 Å². The molecule has 0 atom stereocenters. The van der Waals surface area contributed by atoms with Crippen molar-refractivity contribution in [2.45, 2.75) is 26.2 Å². The fourth-order valence-corrected chi connectivity index (χ4v) is 2.27. The van der Waals surface area contributed by atoms with E-state index in [1.165, 1.54) is 17.7 Å². The number of ether oxygens (including phenoxy) is 1. The minimum atomic E-state index is -0.298. The van der Waals surface area contributed by atoms with Crippen LogP contribution < -0.4 is 4.74 Å². The van der Waals surface area contributed by atoms with E-state index in [4.69, 9.17) is 4.74 Å². The fourth-order valence-electron chi connectivity index (χ4n) is 2.27. The Hall–Kier alpha value is -2.36. The standard InChI is InChI=1S/C20H24FNO2/c1-20(2,3)16-7-5-15(6-8-16)19(23)22(4)13-14-24-18-11-9-17(21)10-12-18/h5-12H,13-14H2,1-4H3. The van der Waals surface area contributed by atoms with Crippen LogP contribution in [0.2, 0.25) is 0 Å². The molecule has 4 heteroatoms. The number of amides is 1. The number of benzene rings is 2. The summed E-state index contributed by atoms with van der Waals surface area (Å²) in [5.74, 6) is 0.248. The molecule has 0 N–H and O–H groups in total. The first-order valence-corrected chi connectivity index (χ1v) is 8.02. The summed E-state index contributed by atoms with van der Waals surface area (Å²) in [6.07, 6.45) is 0. The van der Waals surface area contributed by atoms with E-state index in [1.807, 2.05) is 24.3 Å². The van der Waals surface area contributed by atoms with Crippen molar-refractivity contribution < 1.29 is 13.9 Å². The van der Waals surface area contributed by atoms with Gasteiger partial charge in [-0.1, -0.05) is 32.9 Å². The predicted molar refractivity (Wildman–Crippen MR) is 94.0 cm³/mol. The minimum absolute atomic E-state index is 0.0434. The molecule has 24 heavy (non-hydrogen) atoms. The second-order valence-electron chi connectivity index (χ2n) is 6.86. The highest BCUT2D eigenvalue weighted by Gasteiger charge is 2.16. The number of halogens is 1. The van der Waals surface area contributed by atoms with Gasteiger partial charge in [-0.3, -0.25) is 4.79 Å². The zero-order valence-corrected chi connectivity index (χ0v) is 14.7. The van der Waals surface area contributed by atoms with E-state index in [2.05, 4.69) is 20.8 Å². The summed E-state index contributed by atoms with van der Waals surface area (Å²) in [6, 6.07) is 13.6. The Morgan fingerprint density at radius 3 is 2.17 bits per heavy atom. The lowest BCUT2D eigenvalue weighted by Gasteiger charge is -2.20. The normalized spacial score (nSPS) is 11.2. The van der Waals surface area contributed by atoms with Crippen molar-refractivity contribution in [3.8, 4) is 5.75 Å². The average molecular weight is 329 g/mol. The molecule has 1 amide bonds. The highest BCUT2D eigenvalue weighted by atomic mass is 19.1. The quantitative estimate of drug-likeness (QED) is 0.819. The number of likely N-dealkylation sites (N-methyl/N-ethyl adjacent to an activating group) is 1. The Labute approximate surface area is 143 Å². The van der Waals surface area contributed by atoms with Crippen molar-refractivity contribution >= 4 is 5.91 Å². The van der Waals surface area contributed by atoms with E-state index >= 15 is 0 Å². The first-order valence-electron chi connectivity index (χ1n) is 8.02. The SMILES string of the molecule is CN(CCOc1ccc(F)cc1)C(=O)c1ccc(C(C)(C)C)cc1. The number of hydrogen-bond acceptors (Lipinski definition) is 2. The van der Waals surface area contributed by atoms with Crippen molar-refractivity contribution in [3.63, 3.8) is 0 Å². The molecule has 0 aliphatic carbocycles. The summed E-state index contributed by atoms with van der Waals surface area (Å²) >= 11 is 0. The van der Waals surface area contributed by atoms with Gasteiger partial charge in [0.2, 0.25) is 0 Å². The van der Waals surface area contributed by atoms with E-state index in [0.29, 0.717) is 24.5 Å². The molecular weight excluding hydrogens is 305 g/mol. The molecule has 0 aromatic heterocycles. The highest BCUT2D eigenvalue weighted by Crippen LogP contribution is 2.22. The summed E-state index contributed by atoms with van der Waals surface area (Å²) in [5.41, 5.74) is 1.92. The molecule has 2 rings (SSSR count). The van der Waals surface area contributed by atoms with Crippen LogP contribution in [0.5, 0.6) is 5.75 Å². The van der Waals surface area contributed by atoms with Gasteiger partial charge in [0.05, 0.1) is 6.54 Å². The zero-order chi connectivity index (χ0) is 17.7. The number of carbonyl (C=O) groups excluding carboxylic acids is 1. The van der Waals surface area contributed by atoms with E-state index in [1.54, 1.807) is 24.1 Å². The number of nitrogens with zero attached hydrogens (tertiary/aromatic N) is 1. The lowest BCUT2D eigenvalue weighted by atomic mass is 9.86. The third kappa shape index (κ3) is 4.82. The monoisotopic (exact) mass is 329 g/mol. The topological polar surface area (TPSA) is 29.5 Å². The van der Waals surface area contributed by atoms with Crippen molar-refractivity contribution in [3.05, 3.63) is 65.5 Å². The van der Waals surface area contributed by atoms with Crippen LogP contribution in [0.15, 0.2) is 48.5 Å². The molecule has 2 aromatic rings. The summed E-state index contributed by atoms with van der Waals surface area (Å²) < 4.78 is 18.3. The molecular formula is C20H24FNO2. The molecule has 0 fully saturated rings. The molecule has 0 bridgehead atoms. The molecule has 0 unspecified atom stereocenters. The molecule has 0 radical (unpaired) electrons. The number of hydrogen-bond donors (Lipinski definition) is 0. The van der Waals surface area contributed by atoms with Gasteiger partial charge < -0.3 is 9.64 Å². The molecule has 3 nitrogen and oxygen atoms in total. The van der Waals surface area contributed by atoms with Gasteiger partial charge in [0.15, 0.2) is 0 Å². The molecule has 0 spiro atoms. The summed E-state index contributed by atoms with van der Waals surface area (Å²) in [6.45, 7) is 7.24. The maximum Gasteiger partial charge on any atom is 0.253 e. The molecule has 0 aliphatic heterocycles. The third-order valence-corrected chi connectivity index (χ3v) is 3.85. The van der Waals surface area contributed by atoms with Gasteiger partial charge in [0, 0.05) is 12.6 Å². The van der Waals surface area contributed by atoms with Gasteiger partial charge in [-0.25, -0.2) is 4.39 Å². The van der Waals surface area contributed by atoms with Gasteiger partial charge in [0.1, 0.15) is 18.2 Å². The van der Waals surface area contributed by atoms with Crippen LogP contribution >= 0.6 is 0 Å². The molecule has 0 heterocycles. The molecule has 0 saturated heterocycles. The highest BCUT2D eigenvalue weighted by molar-refractivity contribution is 5.94. The first-order chi connectivity index (χ1) is 11.3. The Balaban J connectivity index is 1.88. The van der Waals surface area contributed by atoms with Crippen molar-refractivity contribution in [1.29, 1.82) is 0 Å². The minimum Gasteiger partial charge on any atom is -0.492 e. The van der Waals surface area contributed by atoms with Crippen molar-refractivity contribution in [1.82, 2.24) is 4.90 Å². The largest absolute Gasteiger partial charge is 0.492 e. The van der Waals surface area contributed by atoms with Gasteiger partial charge in [0.25, 0.3) is 5.91 Å². The first kappa shape index (κ1) is 18.0. The third-order valence-electron chi connectivity index (χ3n) is 3.85. The second kappa shape index (κ2) is 7.47. The lowest BCUT2D eigenvalue weighted by molar-refractivity contribution is 0.0773. The molecule has 0 saturated carbocycles. The lowest BCUT2D eigenvalue weighted by Crippen LogP contribution is -2.30. The molecule has 2 aromatic carbocycles. The van der Waals surface area contributed by atoms with Crippen LogP contribution in [0.1, 0.15) is 36.7 Å². The average Bonchev–Trinajstić information content (AvgIpc) is 2.55. The van der Waals surface area contributed by atoms with Gasteiger partial charge in [-0.05, 0) is 47.4 Å². The maximum atomic E-state index is 12.8. The summed E-state index contributed by atoms with van der Waals surface area (Å²) in [5, 5.41) is 0. The van der Waals surface area contributed by atoms with Crippen molar-refractivity contribution in [2.75, 3.05) is 20.2 Å². The van der Waals surface area contributed by atoms with Crippen LogP contribution in [-0.2, 0) is 5.41 Å². The zero-order valence-electron chi connectivity index (χ0n) is 14.7. The Bertz CT molecular complexity index is 672. The maximum absolute atomic E-state index is 12.8. The Morgan fingerprint density at radius 2 is 1.62 bits per heavy atom. The Morgan fingerprint density at radius 1 is 1.04 bits per heavy atom. The molecule has 0 aliphatic rings. The van der Waals surface area contributed by atoms with Crippen LogP contribution in [0.3, 0.4) is 0 Å². The van der Waals surface area contributed by atoms with Crippen LogP contribution in [0.25, 0.3) is 0 Å². The fraction of sp³-hybridized carbons (Fsp3) is 0.350. The second-order valence-corrected chi connectivity index (χ2v) is 6.86. The smallest absolute Gasteiger partial charge is 0.253 e. The van der Waals surface area contributed by atoms with E-state index in [0.717, 1.165) is 0 Å². The predicted octanol–water partition coefficient (Wildman–Crippen LogP) is 4.27. The number of carbonyl (C=O) groups is 1. The van der Waals surface area contributed by atoms with Gasteiger partial charge in [-0.2, -0.15) is 0 Å². The summed E-state index contributed by atoms with van der Waals surface area (Å²) in [4.78, 5) is 14.0. The van der Waals surface area contributed by atoms with Gasteiger partial charge >= 0.3 is 0 Å². The van der Waals surface area contributed by atoms with Crippen LogP contribution in [0, 0.1) is 5.82 Å². The van der Waals surface area contributed by atoms with E-state index < -0.39 is 0 Å². The van der Waals surface area contributed by atoms with Crippen molar-refractivity contribution in [2.24, 2.45) is 0 Å². The molecule has 128 valence electrons. The number of rotatable bonds is 5. The summed E-state index contributed by atoms with van der Waals surface area (Å²) in [7, 11) is 1.74. The van der Waals surface area contributed by atoms with Gasteiger partial charge in [-0.15, -0.1) is 0 Å². The van der Waals surface area contributed by atoms with E-state index in [9.17, 15) is 9.18 Å². The van der Waals surface area contributed by atoms with E-state index in [-0.39, 0.29) is 17.1 Å². The van der Waals surface area contributed by atoms with Crippen LogP contribution in [-0.4, -0.2) is 31.0 Å². The Kier molecular flexibility index (Phi) is 5.60.